The Morgan fingerprint density at radius 2 is 1.32 bits per heavy atom. The summed E-state index contributed by atoms with van der Waals surface area (Å²) in [6.07, 6.45) is 0. The number of rotatable bonds is 5. The summed E-state index contributed by atoms with van der Waals surface area (Å²) in [7, 11) is -4.94. The van der Waals surface area contributed by atoms with Crippen molar-refractivity contribution in [1.29, 1.82) is 0 Å². The van der Waals surface area contributed by atoms with E-state index in [0.717, 1.165) is 34.1 Å². The molecular weight excluding hydrogens is 530 g/mol. The second-order valence-corrected chi connectivity index (χ2v) is 10.6. The fraction of sp³-hybridized carbons (Fsp3) is 0.156. The highest BCUT2D eigenvalue weighted by atomic mass is 35.7. The minimum absolute atomic E-state index is 0.124. The Morgan fingerprint density at radius 1 is 0.725 bits per heavy atom. The molecule has 0 spiro atoms. The second-order valence-electron chi connectivity index (χ2n) is 9.86. The predicted molar refractivity (Wildman–Crippen MR) is 140 cm³/mol. The second kappa shape index (κ2) is 10.9. The first-order valence-corrected chi connectivity index (χ1v) is 14.0. The largest absolute Gasteiger partial charge is 0.494 e. The Kier molecular flexibility index (Phi) is 7.51. The Balaban J connectivity index is 0.000000595. The lowest BCUT2D eigenvalue weighted by molar-refractivity contribution is -2.00. The third kappa shape index (κ3) is 5.65. The summed E-state index contributed by atoms with van der Waals surface area (Å²) in [4.78, 5) is 0. The predicted octanol–water partition coefficient (Wildman–Crippen LogP) is 2.84. The van der Waals surface area contributed by atoms with E-state index in [-0.39, 0.29) is 5.41 Å². The van der Waals surface area contributed by atoms with E-state index in [2.05, 4.69) is 91.2 Å². The van der Waals surface area contributed by atoms with Crippen LogP contribution in [-0.4, -0.2) is 6.61 Å². The van der Waals surface area contributed by atoms with Gasteiger partial charge >= 0.3 is 0 Å². The molecule has 0 radical (unpaired) electrons. The Bertz CT molecular complexity index is 1620. The van der Waals surface area contributed by atoms with Gasteiger partial charge in [0, 0.05) is 40.5 Å². The fourth-order valence-corrected chi connectivity index (χ4v) is 5.14. The van der Waals surface area contributed by atoms with Crippen LogP contribution in [0.25, 0.3) is 39.6 Å². The number of furan rings is 1. The summed E-state index contributed by atoms with van der Waals surface area (Å²) < 4.78 is 48.4. The number of benzene rings is 3. The number of aromatic nitrogens is 1. The van der Waals surface area contributed by atoms with Crippen LogP contribution < -0.4 is 27.9 Å². The number of nitrogens with zero attached hydrogens (tertiary/aromatic N) is 1. The first-order valence-electron chi connectivity index (χ1n) is 12.8. The molecule has 0 saturated carbocycles. The van der Waals surface area contributed by atoms with Crippen LogP contribution in [0.3, 0.4) is 0 Å². The van der Waals surface area contributed by atoms with Crippen LogP contribution in [-0.2, 0) is 5.41 Å². The maximum Gasteiger partial charge on any atom is 0.219 e. The molecule has 7 nitrogen and oxygen atoms in total. The van der Waals surface area contributed by atoms with Gasteiger partial charge in [0.25, 0.3) is 0 Å². The first kappa shape index (κ1) is 27.6. The molecule has 1 aliphatic rings. The summed E-state index contributed by atoms with van der Waals surface area (Å²) >= 11 is 0. The van der Waals surface area contributed by atoms with Gasteiger partial charge in [0.2, 0.25) is 11.4 Å². The van der Waals surface area contributed by atoms with E-state index in [1.165, 1.54) is 22.5 Å². The number of para-hydroxylation sites is 1. The molecule has 0 fully saturated rings. The van der Waals surface area contributed by atoms with Crippen LogP contribution in [0.4, 0.5) is 0 Å². The maximum atomic E-state index is 8.49. The van der Waals surface area contributed by atoms with Gasteiger partial charge in [-0.3, -0.25) is 0 Å². The first-order chi connectivity index (χ1) is 19.1. The molecule has 0 N–H and O–H groups in total. The van der Waals surface area contributed by atoms with E-state index in [0.29, 0.717) is 6.61 Å². The zero-order chi connectivity index (χ0) is 28.5. The van der Waals surface area contributed by atoms with Crippen LogP contribution in [0.1, 0.15) is 32.0 Å². The number of hydrogen-bond acceptors (Lipinski definition) is 6. The van der Waals surface area contributed by atoms with E-state index in [1.807, 2.05) is 37.3 Å². The van der Waals surface area contributed by atoms with Crippen molar-refractivity contribution < 1.29 is 42.6 Å². The molecule has 0 bridgehead atoms. The number of fused-ring (bicyclic) bond motifs is 3. The molecule has 204 valence electrons. The minimum atomic E-state index is -4.94. The molecule has 0 saturated heterocycles. The third-order valence-electron chi connectivity index (χ3n) is 6.93. The molecule has 0 amide bonds. The van der Waals surface area contributed by atoms with E-state index >= 15 is 0 Å². The third-order valence-corrected chi connectivity index (χ3v) is 6.93. The molecule has 0 unspecified atom stereocenters. The van der Waals surface area contributed by atoms with Gasteiger partial charge in [-0.2, -0.15) is 4.57 Å². The molecule has 3 heterocycles. The van der Waals surface area contributed by atoms with Crippen molar-refractivity contribution >= 4 is 0 Å². The van der Waals surface area contributed by atoms with Crippen LogP contribution in [0.15, 0.2) is 108 Å². The van der Waals surface area contributed by atoms with Crippen molar-refractivity contribution in [2.24, 2.45) is 0 Å². The SMILES string of the molecule is CCOc1ccc(-c2ccc(-c3cc(-c4ccccc4)[n+]4c(c3)C(C)(C)c3ccccc3-4)o2)cc1.[O-][Cl+3]([O-])([O-])[O-]. The summed E-state index contributed by atoms with van der Waals surface area (Å²) in [5, 5.41) is 0. The van der Waals surface area contributed by atoms with Gasteiger partial charge in [-0.1, -0.05) is 36.4 Å². The van der Waals surface area contributed by atoms with Gasteiger partial charge in [0.15, 0.2) is 5.69 Å². The van der Waals surface area contributed by atoms with Crippen molar-refractivity contribution in [3.05, 3.63) is 114 Å². The highest BCUT2D eigenvalue weighted by Crippen LogP contribution is 2.42. The van der Waals surface area contributed by atoms with Crippen LogP contribution >= 0.6 is 0 Å². The van der Waals surface area contributed by atoms with E-state index in [9.17, 15) is 0 Å². The van der Waals surface area contributed by atoms with E-state index < -0.39 is 10.2 Å². The van der Waals surface area contributed by atoms with Crippen molar-refractivity contribution in [3.63, 3.8) is 0 Å². The molecule has 1 aliphatic heterocycles. The number of ether oxygens (including phenoxy) is 1. The molecular formula is C32H28ClNO6. The smallest absolute Gasteiger partial charge is 0.219 e. The lowest BCUT2D eigenvalue weighted by atomic mass is 9.83. The van der Waals surface area contributed by atoms with E-state index in [4.69, 9.17) is 27.8 Å². The van der Waals surface area contributed by atoms with Crippen molar-refractivity contribution in [2.75, 3.05) is 6.61 Å². The standard InChI is InChI=1S/C32H28NO2.ClHO4/c1-4-34-25-16-14-23(15-17-25)29-18-19-30(35-29)24-20-28(22-10-6-5-7-11-22)33-27-13-9-8-12-26(27)32(2,3)31(33)21-24;2-1(3,4)5/h5-21H,4H2,1-3H3;(H,2,3,4,5)/q+1;/p-1. The molecule has 5 aromatic rings. The molecule has 3 aromatic carbocycles. The molecule has 6 rings (SSSR count). The van der Waals surface area contributed by atoms with Gasteiger partial charge in [-0.15, -0.1) is 10.2 Å². The van der Waals surface area contributed by atoms with Crippen molar-refractivity contribution in [3.8, 4) is 45.3 Å². The summed E-state index contributed by atoms with van der Waals surface area (Å²) in [5.74, 6) is 2.58. The molecule has 40 heavy (non-hydrogen) atoms. The average molecular weight is 558 g/mol. The monoisotopic (exact) mass is 557 g/mol. The fourth-order valence-electron chi connectivity index (χ4n) is 5.14. The Hall–Kier alpha value is -3.98. The zero-order valence-electron chi connectivity index (χ0n) is 22.3. The van der Waals surface area contributed by atoms with Crippen LogP contribution in [0.5, 0.6) is 5.75 Å². The summed E-state index contributed by atoms with van der Waals surface area (Å²) in [6, 6.07) is 36.0. The van der Waals surface area contributed by atoms with Gasteiger partial charge in [-0.25, -0.2) is 18.6 Å². The van der Waals surface area contributed by atoms with Crippen LogP contribution in [0, 0.1) is 10.2 Å². The topological polar surface area (TPSA) is 118 Å². The van der Waals surface area contributed by atoms with Crippen LogP contribution in [0.2, 0.25) is 0 Å². The van der Waals surface area contributed by atoms with E-state index in [1.54, 1.807) is 0 Å². The molecule has 0 atom stereocenters. The van der Waals surface area contributed by atoms with Crippen molar-refractivity contribution in [1.82, 2.24) is 0 Å². The highest BCUT2D eigenvalue weighted by molar-refractivity contribution is 5.71. The Labute approximate surface area is 234 Å². The quantitative estimate of drug-likeness (QED) is 0.307. The zero-order valence-corrected chi connectivity index (χ0v) is 23.1. The number of halogens is 1. The highest BCUT2D eigenvalue weighted by Gasteiger charge is 2.45. The number of pyridine rings is 1. The number of hydrogen-bond donors (Lipinski definition) is 0. The summed E-state index contributed by atoms with van der Waals surface area (Å²) in [6.45, 7) is 7.25. The minimum Gasteiger partial charge on any atom is -0.494 e. The van der Waals surface area contributed by atoms with Gasteiger partial charge < -0.3 is 9.15 Å². The van der Waals surface area contributed by atoms with Gasteiger partial charge in [-0.05, 0) is 69.3 Å². The average Bonchev–Trinajstić information content (AvgIpc) is 3.51. The summed E-state index contributed by atoms with van der Waals surface area (Å²) in [5.41, 5.74) is 8.17. The van der Waals surface area contributed by atoms with Crippen molar-refractivity contribution in [2.45, 2.75) is 26.2 Å². The maximum absolute atomic E-state index is 8.49. The van der Waals surface area contributed by atoms with Gasteiger partial charge in [0.05, 0.1) is 12.0 Å². The molecule has 0 aliphatic carbocycles. The Morgan fingerprint density at radius 3 is 1.98 bits per heavy atom. The molecule has 2 aromatic heterocycles. The lowest BCUT2D eigenvalue weighted by Crippen LogP contribution is -2.68. The normalized spacial score (nSPS) is 13.2. The van der Waals surface area contributed by atoms with Gasteiger partial charge in [0.1, 0.15) is 17.3 Å². The molecule has 8 heteroatoms. The lowest BCUT2D eigenvalue weighted by Gasteiger charge is -2.17.